The normalized spacial score (nSPS) is 32.0. The number of hydrogen-bond donors (Lipinski definition) is 2. The number of likely N-dealkylation sites (N-methyl/N-ethyl adjacent to an activating group) is 1. The molecule has 2 aliphatic heterocycles. The number of amides is 1. The molecule has 3 unspecified atom stereocenters. The molecule has 3 atom stereocenters. The molecule has 2 fully saturated rings. The Labute approximate surface area is 108 Å². The lowest BCUT2D eigenvalue weighted by atomic mass is 9.89. The molecule has 5 heteroatoms. The molecule has 2 N–H and O–H groups in total. The quantitative estimate of drug-likeness (QED) is 0.780. The fraction of sp³-hybridized carbons (Fsp3) is 0.846. The lowest BCUT2D eigenvalue weighted by molar-refractivity contribution is -0.148. The molecule has 18 heavy (non-hydrogen) atoms. The number of fused-ring (bicyclic) bond motifs is 2. The van der Waals surface area contributed by atoms with Gasteiger partial charge in [-0.3, -0.25) is 4.79 Å². The third-order valence-corrected chi connectivity index (χ3v) is 4.37. The molecule has 2 bridgehead atoms. The predicted octanol–water partition coefficient (Wildman–Crippen LogP) is 0.839. The van der Waals surface area contributed by atoms with Crippen LogP contribution in [0.2, 0.25) is 0 Å². The maximum atomic E-state index is 12.0. The van der Waals surface area contributed by atoms with Crippen molar-refractivity contribution in [2.75, 3.05) is 7.05 Å². The summed E-state index contributed by atoms with van der Waals surface area (Å²) in [5, 5.41) is 12.4. The number of carbonyl (C=O) groups excluding carboxylic acids is 1. The van der Waals surface area contributed by atoms with E-state index >= 15 is 0 Å². The number of carboxylic acid groups (broad SMARTS) is 1. The Morgan fingerprint density at radius 2 is 1.89 bits per heavy atom. The van der Waals surface area contributed by atoms with Gasteiger partial charge in [-0.25, -0.2) is 4.79 Å². The van der Waals surface area contributed by atoms with Crippen molar-refractivity contribution in [3.8, 4) is 0 Å². The zero-order valence-corrected chi connectivity index (χ0v) is 11.1. The predicted molar refractivity (Wildman–Crippen MR) is 67.2 cm³/mol. The first-order valence-corrected chi connectivity index (χ1v) is 6.72. The monoisotopic (exact) mass is 254 g/mol. The van der Waals surface area contributed by atoms with E-state index in [1.807, 2.05) is 0 Å². The van der Waals surface area contributed by atoms with Crippen molar-refractivity contribution in [1.29, 1.82) is 0 Å². The Kier molecular flexibility index (Phi) is 3.90. The lowest BCUT2D eigenvalue weighted by Crippen LogP contribution is -2.43. The molecule has 2 rings (SSSR count). The van der Waals surface area contributed by atoms with Gasteiger partial charge in [0.1, 0.15) is 6.04 Å². The van der Waals surface area contributed by atoms with Crippen LogP contribution in [0, 0.1) is 5.92 Å². The van der Waals surface area contributed by atoms with E-state index in [0.717, 1.165) is 12.8 Å². The smallest absolute Gasteiger partial charge is 0.326 e. The van der Waals surface area contributed by atoms with Gasteiger partial charge in [0, 0.05) is 25.6 Å². The molecule has 102 valence electrons. The summed E-state index contributed by atoms with van der Waals surface area (Å²) in [6, 6.07) is 0.406. The molecule has 0 saturated carbocycles. The zero-order chi connectivity index (χ0) is 13.3. The highest BCUT2D eigenvalue weighted by molar-refractivity contribution is 5.83. The highest BCUT2D eigenvalue weighted by Gasteiger charge is 2.35. The minimum Gasteiger partial charge on any atom is -0.480 e. The third kappa shape index (κ3) is 2.83. The van der Waals surface area contributed by atoms with Crippen molar-refractivity contribution in [3.05, 3.63) is 0 Å². The van der Waals surface area contributed by atoms with E-state index in [4.69, 9.17) is 5.11 Å². The van der Waals surface area contributed by atoms with Crippen LogP contribution in [0.5, 0.6) is 0 Å². The second kappa shape index (κ2) is 5.26. The van der Waals surface area contributed by atoms with E-state index in [2.05, 4.69) is 5.32 Å². The van der Waals surface area contributed by atoms with Gasteiger partial charge in [0.15, 0.2) is 0 Å². The molecule has 2 aliphatic rings. The van der Waals surface area contributed by atoms with E-state index in [1.165, 1.54) is 17.7 Å². The summed E-state index contributed by atoms with van der Waals surface area (Å²) in [6.07, 6.45) is 5.03. The molecular formula is C13H22N2O3. The van der Waals surface area contributed by atoms with Gasteiger partial charge in [0.2, 0.25) is 5.91 Å². The van der Waals surface area contributed by atoms with Crippen LogP contribution in [0.3, 0.4) is 0 Å². The van der Waals surface area contributed by atoms with Crippen molar-refractivity contribution < 1.29 is 14.7 Å². The fourth-order valence-electron chi connectivity index (χ4n) is 3.11. The second-order valence-electron chi connectivity index (χ2n) is 5.70. The van der Waals surface area contributed by atoms with Crippen molar-refractivity contribution in [2.24, 2.45) is 5.92 Å². The van der Waals surface area contributed by atoms with E-state index < -0.39 is 12.0 Å². The van der Waals surface area contributed by atoms with Crippen LogP contribution in [-0.4, -0.2) is 47.1 Å². The van der Waals surface area contributed by atoms with Gasteiger partial charge in [-0.1, -0.05) is 0 Å². The Morgan fingerprint density at radius 1 is 1.33 bits per heavy atom. The van der Waals surface area contributed by atoms with Crippen LogP contribution >= 0.6 is 0 Å². The molecule has 1 amide bonds. The van der Waals surface area contributed by atoms with Crippen molar-refractivity contribution in [1.82, 2.24) is 10.2 Å². The Bertz CT molecular complexity index is 333. The van der Waals surface area contributed by atoms with Crippen LogP contribution in [0.1, 0.15) is 39.0 Å². The number of rotatable bonds is 4. The summed E-state index contributed by atoms with van der Waals surface area (Å²) in [7, 11) is 1.58. The molecule has 0 radical (unpaired) electrons. The summed E-state index contributed by atoms with van der Waals surface area (Å²) in [5.41, 5.74) is 0. The molecular weight excluding hydrogens is 232 g/mol. The number of hydrogen-bond acceptors (Lipinski definition) is 3. The summed E-state index contributed by atoms with van der Waals surface area (Å²) in [6.45, 7) is 1.55. The average Bonchev–Trinajstić information content (AvgIpc) is 2.66. The molecule has 0 aromatic heterocycles. The van der Waals surface area contributed by atoms with E-state index in [1.54, 1.807) is 14.0 Å². The Morgan fingerprint density at radius 3 is 2.39 bits per heavy atom. The summed E-state index contributed by atoms with van der Waals surface area (Å²) in [5.74, 6) is -0.577. The highest BCUT2D eigenvalue weighted by atomic mass is 16.4. The van der Waals surface area contributed by atoms with E-state index in [9.17, 15) is 9.59 Å². The molecule has 2 saturated heterocycles. The van der Waals surface area contributed by atoms with Crippen molar-refractivity contribution in [2.45, 2.75) is 57.2 Å². The average molecular weight is 254 g/mol. The van der Waals surface area contributed by atoms with Gasteiger partial charge in [-0.05, 0) is 38.5 Å². The molecule has 0 aliphatic carbocycles. The fourth-order valence-corrected chi connectivity index (χ4v) is 3.11. The van der Waals surface area contributed by atoms with Gasteiger partial charge in [0.05, 0.1) is 0 Å². The van der Waals surface area contributed by atoms with Crippen LogP contribution in [0.4, 0.5) is 0 Å². The number of nitrogens with one attached hydrogen (secondary N) is 1. The molecule has 0 aromatic carbocycles. The summed E-state index contributed by atoms with van der Waals surface area (Å²) >= 11 is 0. The van der Waals surface area contributed by atoms with Crippen LogP contribution in [-0.2, 0) is 9.59 Å². The Hall–Kier alpha value is -1.10. The maximum absolute atomic E-state index is 12.0. The SMILES string of the molecule is CC(C(=O)O)N(C)C(=O)CC1CC2CCC(C1)N2. The minimum absolute atomic E-state index is 0.0452. The minimum atomic E-state index is -0.948. The first-order chi connectivity index (χ1) is 8.47. The van der Waals surface area contributed by atoms with Crippen LogP contribution in [0.25, 0.3) is 0 Å². The van der Waals surface area contributed by atoms with Gasteiger partial charge < -0.3 is 15.3 Å². The van der Waals surface area contributed by atoms with Gasteiger partial charge in [-0.2, -0.15) is 0 Å². The standard InChI is InChI=1S/C13H22N2O3/c1-8(13(17)18)15(2)12(16)7-9-5-10-3-4-11(6-9)14-10/h8-11,14H,3-7H2,1-2H3,(H,17,18). The zero-order valence-electron chi connectivity index (χ0n) is 11.1. The van der Waals surface area contributed by atoms with Crippen LogP contribution in [0.15, 0.2) is 0 Å². The number of piperidine rings is 1. The number of nitrogens with zero attached hydrogens (tertiary/aromatic N) is 1. The van der Waals surface area contributed by atoms with E-state index in [-0.39, 0.29) is 5.91 Å². The molecule has 2 heterocycles. The lowest BCUT2D eigenvalue weighted by Gasteiger charge is -2.30. The number of carbonyl (C=O) groups is 2. The van der Waals surface area contributed by atoms with Gasteiger partial charge >= 0.3 is 5.97 Å². The maximum Gasteiger partial charge on any atom is 0.326 e. The van der Waals surface area contributed by atoms with Gasteiger partial charge in [-0.15, -0.1) is 0 Å². The van der Waals surface area contributed by atoms with Crippen molar-refractivity contribution >= 4 is 11.9 Å². The number of aliphatic carboxylic acids is 1. The van der Waals surface area contributed by atoms with Gasteiger partial charge in [0.25, 0.3) is 0 Å². The first-order valence-electron chi connectivity index (χ1n) is 6.72. The third-order valence-electron chi connectivity index (χ3n) is 4.37. The first kappa shape index (κ1) is 13.3. The molecule has 5 nitrogen and oxygen atoms in total. The topological polar surface area (TPSA) is 69.6 Å². The Balaban J connectivity index is 1.85. The summed E-state index contributed by atoms with van der Waals surface area (Å²) in [4.78, 5) is 24.2. The largest absolute Gasteiger partial charge is 0.480 e. The summed E-state index contributed by atoms with van der Waals surface area (Å²) < 4.78 is 0. The number of carboxylic acids is 1. The van der Waals surface area contributed by atoms with Crippen molar-refractivity contribution in [3.63, 3.8) is 0 Å². The molecule has 0 aromatic rings. The van der Waals surface area contributed by atoms with E-state index in [0.29, 0.717) is 24.4 Å². The molecule has 0 spiro atoms. The second-order valence-corrected chi connectivity index (χ2v) is 5.70. The highest BCUT2D eigenvalue weighted by Crippen LogP contribution is 2.32. The van der Waals surface area contributed by atoms with Crippen LogP contribution < -0.4 is 5.32 Å².